The lowest BCUT2D eigenvalue weighted by molar-refractivity contribution is -0.118. The SMILES string of the molecule is O=C(COc1ccc(I)cc1)Nc1cccc2ccccc12. The molecule has 0 unspecified atom stereocenters. The fourth-order valence-corrected chi connectivity index (χ4v) is 2.56. The van der Waals surface area contributed by atoms with Crippen LogP contribution in [-0.2, 0) is 4.79 Å². The van der Waals surface area contributed by atoms with Gasteiger partial charge in [-0.2, -0.15) is 0 Å². The highest BCUT2D eigenvalue weighted by Gasteiger charge is 2.06. The van der Waals surface area contributed by atoms with Gasteiger partial charge in [0.2, 0.25) is 0 Å². The molecule has 0 bridgehead atoms. The van der Waals surface area contributed by atoms with Crippen molar-refractivity contribution in [1.29, 1.82) is 0 Å². The van der Waals surface area contributed by atoms with Gasteiger partial charge in [0, 0.05) is 14.6 Å². The third kappa shape index (κ3) is 3.57. The van der Waals surface area contributed by atoms with Gasteiger partial charge in [0.05, 0.1) is 0 Å². The van der Waals surface area contributed by atoms with Gasteiger partial charge in [-0.1, -0.05) is 36.4 Å². The minimum Gasteiger partial charge on any atom is -0.484 e. The smallest absolute Gasteiger partial charge is 0.262 e. The number of benzene rings is 3. The summed E-state index contributed by atoms with van der Waals surface area (Å²) in [5.41, 5.74) is 0.800. The first-order valence-electron chi connectivity index (χ1n) is 6.88. The van der Waals surface area contributed by atoms with Crippen molar-refractivity contribution in [3.05, 3.63) is 70.3 Å². The largest absolute Gasteiger partial charge is 0.484 e. The minimum absolute atomic E-state index is 0.0101. The Morgan fingerprint density at radius 2 is 1.68 bits per heavy atom. The number of hydrogen-bond acceptors (Lipinski definition) is 2. The molecule has 0 saturated carbocycles. The summed E-state index contributed by atoms with van der Waals surface area (Å²) in [6.45, 7) is -0.0101. The van der Waals surface area contributed by atoms with Crippen LogP contribution in [0.3, 0.4) is 0 Å². The molecule has 0 heterocycles. The second-order valence-corrected chi connectivity index (χ2v) is 6.06. The van der Waals surface area contributed by atoms with E-state index in [4.69, 9.17) is 4.74 Å². The molecule has 0 aliphatic rings. The molecule has 0 aliphatic carbocycles. The number of rotatable bonds is 4. The van der Waals surface area contributed by atoms with Crippen molar-refractivity contribution in [3.8, 4) is 5.75 Å². The van der Waals surface area contributed by atoms with Gasteiger partial charge in [-0.15, -0.1) is 0 Å². The molecule has 22 heavy (non-hydrogen) atoms. The molecule has 0 spiro atoms. The van der Waals surface area contributed by atoms with Gasteiger partial charge in [0.25, 0.3) is 5.91 Å². The Hall–Kier alpha value is -2.08. The molecule has 1 amide bonds. The van der Waals surface area contributed by atoms with Gasteiger partial charge in [-0.05, 0) is 58.3 Å². The average Bonchev–Trinajstić information content (AvgIpc) is 2.55. The molecule has 0 radical (unpaired) electrons. The van der Waals surface area contributed by atoms with E-state index in [1.54, 1.807) is 0 Å². The maximum Gasteiger partial charge on any atom is 0.262 e. The van der Waals surface area contributed by atoms with Gasteiger partial charge in [-0.3, -0.25) is 4.79 Å². The van der Waals surface area contributed by atoms with Crippen molar-refractivity contribution < 1.29 is 9.53 Å². The highest BCUT2D eigenvalue weighted by molar-refractivity contribution is 14.1. The van der Waals surface area contributed by atoms with Crippen molar-refractivity contribution in [2.24, 2.45) is 0 Å². The number of amides is 1. The van der Waals surface area contributed by atoms with Crippen LogP contribution in [0.4, 0.5) is 5.69 Å². The molecule has 0 aliphatic heterocycles. The van der Waals surface area contributed by atoms with E-state index in [0.29, 0.717) is 5.75 Å². The van der Waals surface area contributed by atoms with E-state index in [1.807, 2.05) is 66.7 Å². The topological polar surface area (TPSA) is 38.3 Å². The quantitative estimate of drug-likeness (QED) is 0.654. The summed E-state index contributed by atoms with van der Waals surface area (Å²) in [4.78, 5) is 12.1. The van der Waals surface area contributed by atoms with Crippen LogP contribution in [0.2, 0.25) is 0 Å². The zero-order valence-corrected chi connectivity index (χ0v) is 13.9. The summed E-state index contributed by atoms with van der Waals surface area (Å²) in [5, 5.41) is 5.02. The first-order chi connectivity index (χ1) is 10.7. The lowest BCUT2D eigenvalue weighted by Gasteiger charge is -2.10. The first-order valence-corrected chi connectivity index (χ1v) is 7.96. The molecule has 1 N–H and O–H groups in total. The highest BCUT2D eigenvalue weighted by atomic mass is 127. The van der Waals surface area contributed by atoms with E-state index >= 15 is 0 Å². The third-order valence-electron chi connectivity index (χ3n) is 3.25. The van der Waals surface area contributed by atoms with E-state index in [9.17, 15) is 4.79 Å². The van der Waals surface area contributed by atoms with Crippen LogP contribution in [-0.4, -0.2) is 12.5 Å². The van der Waals surface area contributed by atoms with Crippen molar-refractivity contribution in [1.82, 2.24) is 0 Å². The Kier molecular flexibility index (Phi) is 4.58. The molecule has 3 aromatic rings. The highest BCUT2D eigenvalue weighted by Crippen LogP contribution is 2.22. The number of anilines is 1. The maximum atomic E-state index is 12.1. The number of ether oxygens (including phenoxy) is 1. The fraction of sp³-hybridized carbons (Fsp3) is 0.0556. The molecule has 3 aromatic carbocycles. The monoisotopic (exact) mass is 403 g/mol. The van der Waals surface area contributed by atoms with Crippen LogP contribution in [0.1, 0.15) is 0 Å². The van der Waals surface area contributed by atoms with Gasteiger partial charge >= 0.3 is 0 Å². The number of carbonyl (C=O) groups is 1. The van der Waals surface area contributed by atoms with Crippen LogP contribution in [0.25, 0.3) is 10.8 Å². The standard InChI is InChI=1S/C18H14INO2/c19-14-8-10-15(11-9-14)22-12-18(21)20-17-7-3-5-13-4-1-2-6-16(13)17/h1-11H,12H2,(H,20,21). The third-order valence-corrected chi connectivity index (χ3v) is 3.97. The number of halogens is 1. The molecule has 0 fully saturated rings. The van der Waals surface area contributed by atoms with Crippen molar-refractivity contribution in [3.63, 3.8) is 0 Å². The Morgan fingerprint density at radius 1 is 0.955 bits per heavy atom. The van der Waals surface area contributed by atoms with Crippen molar-refractivity contribution in [2.75, 3.05) is 11.9 Å². The summed E-state index contributed by atoms with van der Waals surface area (Å²) in [7, 11) is 0. The van der Waals surface area contributed by atoms with Gasteiger partial charge < -0.3 is 10.1 Å². The Labute approximate surface area is 142 Å². The van der Waals surface area contributed by atoms with Gasteiger partial charge in [-0.25, -0.2) is 0 Å². The van der Waals surface area contributed by atoms with Gasteiger partial charge in [0.1, 0.15) is 5.75 Å². The number of nitrogens with one attached hydrogen (secondary N) is 1. The van der Waals surface area contributed by atoms with E-state index in [-0.39, 0.29) is 12.5 Å². The number of hydrogen-bond donors (Lipinski definition) is 1. The Bertz CT molecular complexity index is 794. The normalized spacial score (nSPS) is 10.4. The predicted molar refractivity (Wildman–Crippen MR) is 97.2 cm³/mol. The molecule has 3 rings (SSSR count). The maximum absolute atomic E-state index is 12.1. The fourth-order valence-electron chi connectivity index (χ4n) is 2.20. The first kappa shape index (κ1) is 14.8. The summed E-state index contributed by atoms with van der Waals surface area (Å²) in [5.74, 6) is 0.517. The number of fused-ring (bicyclic) bond motifs is 1. The lowest BCUT2D eigenvalue weighted by Crippen LogP contribution is -2.20. The molecule has 0 saturated heterocycles. The number of carbonyl (C=O) groups excluding carboxylic acids is 1. The zero-order chi connectivity index (χ0) is 15.4. The molecule has 4 heteroatoms. The van der Waals surface area contributed by atoms with Crippen molar-refractivity contribution in [2.45, 2.75) is 0 Å². The summed E-state index contributed by atoms with van der Waals surface area (Å²) >= 11 is 2.23. The van der Waals surface area contributed by atoms with E-state index in [0.717, 1.165) is 20.0 Å². The van der Waals surface area contributed by atoms with Crippen molar-refractivity contribution >= 4 is 45.0 Å². The molecular weight excluding hydrogens is 389 g/mol. The average molecular weight is 403 g/mol. The Morgan fingerprint density at radius 3 is 2.50 bits per heavy atom. The minimum atomic E-state index is -0.171. The zero-order valence-electron chi connectivity index (χ0n) is 11.8. The lowest BCUT2D eigenvalue weighted by atomic mass is 10.1. The van der Waals surface area contributed by atoms with Crippen LogP contribution >= 0.6 is 22.6 Å². The summed E-state index contributed by atoms with van der Waals surface area (Å²) in [6, 6.07) is 21.4. The van der Waals surface area contributed by atoms with E-state index in [2.05, 4.69) is 27.9 Å². The summed E-state index contributed by atoms with van der Waals surface area (Å²) in [6.07, 6.45) is 0. The molecule has 0 atom stereocenters. The molecule has 110 valence electrons. The van der Waals surface area contributed by atoms with Crippen LogP contribution in [0.5, 0.6) is 5.75 Å². The molecular formula is C18H14INO2. The van der Waals surface area contributed by atoms with Gasteiger partial charge in [0.15, 0.2) is 6.61 Å². The van der Waals surface area contributed by atoms with Crippen LogP contribution < -0.4 is 10.1 Å². The van der Waals surface area contributed by atoms with Crippen LogP contribution in [0, 0.1) is 3.57 Å². The van der Waals surface area contributed by atoms with E-state index in [1.165, 1.54) is 0 Å². The molecule has 3 nitrogen and oxygen atoms in total. The van der Waals surface area contributed by atoms with E-state index < -0.39 is 0 Å². The molecule has 0 aromatic heterocycles. The Balaban J connectivity index is 1.67. The second kappa shape index (κ2) is 6.79. The van der Waals surface area contributed by atoms with Crippen LogP contribution in [0.15, 0.2) is 66.7 Å². The second-order valence-electron chi connectivity index (χ2n) is 4.82. The summed E-state index contributed by atoms with van der Waals surface area (Å²) < 4.78 is 6.62. The predicted octanol–water partition coefficient (Wildman–Crippen LogP) is 4.46.